The molecular formula is C9H13Cl2N3Zn. The molecule has 0 aromatic heterocycles. The molecule has 0 unspecified atom stereocenters. The van der Waals surface area contributed by atoms with Crippen molar-refractivity contribution in [2.45, 2.75) is 6.92 Å². The van der Waals surface area contributed by atoms with E-state index < -0.39 is 0 Å². The molecule has 0 atom stereocenters. The maximum absolute atomic E-state index is 8.66. The molecule has 6 heteroatoms. The molecule has 1 aromatic carbocycles. The molecule has 0 spiro atoms. The second-order valence-corrected chi connectivity index (χ2v) is 2.99. The standard InChI is InChI=1S/C9H12N3.2ClH.Zn/c1-7-4-5-8(11-10)9(6-7)12(2)3;;;/h4-6H,1-3H3;2*1H;/q+1;;;/p-1. The van der Waals surface area contributed by atoms with E-state index in [1.165, 1.54) is 0 Å². The Kier molecular flexibility index (Phi) is 11.9. The van der Waals surface area contributed by atoms with Gasteiger partial charge in [-0.15, -0.1) is 12.4 Å². The van der Waals surface area contributed by atoms with Crippen molar-refractivity contribution in [2.75, 3.05) is 19.0 Å². The van der Waals surface area contributed by atoms with Crippen LogP contribution in [0.25, 0.3) is 4.98 Å². The van der Waals surface area contributed by atoms with Crippen LogP contribution in [0.3, 0.4) is 0 Å². The van der Waals surface area contributed by atoms with Gasteiger partial charge in [-0.25, -0.2) is 0 Å². The number of halogens is 2. The fourth-order valence-corrected chi connectivity index (χ4v) is 1.08. The van der Waals surface area contributed by atoms with Crippen molar-refractivity contribution < 1.29 is 31.9 Å². The third-order valence-corrected chi connectivity index (χ3v) is 1.72. The number of diazo groups is 1. The Balaban J connectivity index is -0.000000480. The summed E-state index contributed by atoms with van der Waals surface area (Å²) in [4.78, 5) is 5.11. The number of aryl methyl sites for hydroxylation is 1. The van der Waals surface area contributed by atoms with Crippen LogP contribution < -0.4 is 17.3 Å². The SMILES string of the molecule is Cc1ccc([N+]#N)c(N(C)C)c1.Cl.[Cl-].[Zn]. The summed E-state index contributed by atoms with van der Waals surface area (Å²) < 4.78 is 0. The van der Waals surface area contributed by atoms with Gasteiger partial charge in [0.1, 0.15) is 5.69 Å². The molecule has 0 radical (unpaired) electrons. The van der Waals surface area contributed by atoms with Gasteiger partial charge in [0.25, 0.3) is 0 Å². The van der Waals surface area contributed by atoms with Gasteiger partial charge in [-0.1, -0.05) is 6.07 Å². The molecule has 3 nitrogen and oxygen atoms in total. The molecule has 0 saturated carbocycles. The molecule has 0 saturated heterocycles. The van der Waals surface area contributed by atoms with E-state index in [1.807, 2.05) is 38.1 Å². The first-order chi connectivity index (χ1) is 5.65. The van der Waals surface area contributed by atoms with Crippen molar-refractivity contribution in [1.29, 1.82) is 5.39 Å². The summed E-state index contributed by atoms with van der Waals surface area (Å²) >= 11 is 0. The van der Waals surface area contributed by atoms with Crippen molar-refractivity contribution in [3.8, 4) is 0 Å². The van der Waals surface area contributed by atoms with Gasteiger partial charge < -0.3 is 17.3 Å². The van der Waals surface area contributed by atoms with E-state index in [9.17, 15) is 0 Å². The Morgan fingerprint density at radius 1 is 1.27 bits per heavy atom. The summed E-state index contributed by atoms with van der Waals surface area (Å²) in [7, 11) is 3.84. The summed E-state index contributed by atoms with van der Waals surface area (Å²) in [6.45, 7) is 2.01. The first-order valence-electron chi connectivity index (χ1n) is 3.78. The van der Waals surface area contributed by atoms with E-state index in [4.69, 9.17) is 5.39 Å². The zero-order valence-electron chi connectivity index (χ0n) is 9.07. The summed E-state index contributed by atoms with van der Waals surface area (Å²) in [5, 5.41) is 8.66. The van der Waals surface area contributed by atoms with Gasteiger partial charge >= 0.3 is 5.69 Å². The summed E-state index contributed by atoms with van der Waals surface area (Å²) in [6.07, 6.45) is 0. The number of hydrogen-bond acceptors (Lipinski definition) is 2. The van der Waals surface area contributed by atoms with Gasteiger partial charge in [0.2, 0.25) is 5.39 Å². The van der Waals surface area contributed by atoms with Crippen LogP contribution in [0.4, 0.5) is 11.4 Å². The van der Waals surface area contributed by atoms with Crippen molar-refractivity contribution in [1.82, 2.24) is 0 Å². The molecule has 1 aromatic rings. The number of benzene rings is 1. The third kappa shape index (κ3) is 5.32. The molecule has 0 aliphatic carbocycles. The molecular weight excluding hydrogens is 286 g/mol. The van der Waals surface area contributed by atoms with Crippen molar-refractivity contribution in [2.24, 2.45) is 0 Å². The molecule has 0 aliphatic heterocycles. The Morgan fingerprint density at radius 3 is 2.20 bits per heavy atom. The van der Waals surface area contributed by atoms with Crippen LogP contribution in [0.1, 0.15) is 5.56 Å². The molecule has 15 heavy (non-hydrogen) atoms. The van der Waals surface area contributed by atoms with E-state index in [0.29, 0.717) is 5.69 Å². The van der Waals surface area contributed by atoms with E-state index >= 15 is 0 Å². The minimum absolute atomic E-state index is 0. The van der Waals surface area contributed by atoms with Crippen LogP contribution in [-0.4, -0.2) is 14.1 Å². The molecule has 0 amide bonds. The maximum Gasteiger partial charge on any atom is 0.408 e. The van der Waals surface area contributed by atoms with Crippen molar-refractivity contribution in [3.63, 3.8) is 0 Å². The second-order valence-electron chi connectivity index (χ2n) is 2.99. The van der Waals surface area contributed by atoms with Crippen LogP contribution in [-0.2, 0) is 19.5 Å². The van der Waals surface area contributed by atoms with E-state index in [0.717, 1.165) is 11.3 Å². The quantitative estimate of drug-likeness (QED) is 0.539. The van der Waals surface area contributed by atoms with Crippen LogP contribution in [0.5, 0.6) is 0 Å². The van der Waals surface area contributed by atoms with Crippen molar-refractivity contribution >= 4 is 23.8 Å². The summed E-state index contributed by atoms with van der Waals surface area (Å²) in [6, 6.07) is 5.70. The number of hydrogen-bond donors (Lipinski definition) is 0. The monoisotopic (exact) mass is 297 g/mol. The molecule has 0 fully saturated rings. The minimum Gasteiger partial charge on any atom is -1.00 e. The van der Waals surface area contributed by atoms with Crippen LogP contribution in [0, 0.1) is 12.3 Å². The van der Waals surface area contributed by atoms with Crippen LogP contribution in [0.2, 0.25) is 0 Å². The molecule has 0 N–H and O–H groups in total. The second kappa shape index (κ2) is 8.91. The Labute approximate surface area is 115 Å². The number of nitrogens with zero attached hydrogens (tertiary/aromatic N) is 3. The molecule has 0 heterocycles. The molecule has 80 valence electrons. The summed E-state index contributed by atoms with van der Waals surface area (Å²) in [5.74, 6) is 0. The first kappa shape index (κ1) is 20.1. The smallest absolute Gasteiger partial charge is 0.408 e. The topological polar surface area (TPSA) is 31.4 Å². The van der Waals surface area contributed by atoms with Gasteiger partial charge in [-0.05, 0) is 18.6 Å². The maximum atomic E-state index is 8.66. The normalized spacial score (nSPS) is 7.33. The minimum atomic E-state index is 0. The molecule has 0 aliphatic rings. The van der Waals surface area contributed by atoms with Crippen LogP contribution in [0.15, 0.2) is 18.2 Å². The third-order valence-electron chi connectivity index (χ3n) is 1.72. The van der Waals surface area contributed by atoms with Gasteiger partial charge in [-0.3, -0.25) is 0 Å². The van der Waals surface area contributed by atoms with E-state index in [1.54, 1.807) is 6.07 Å². The predicted octanol–water partition coefficient (Wildman–Crippen LogP) is -0.0311. The van der Waals surface area contributed by atoms with E-state index in [2.05, 4.69) is 4.98 Å². The predicted molar refractivity (Wildman–Crippen MR) is 57.5 cm³/mol. The Morgan fingerprint density at radius 2 is 1.80 bits per heavy atom. The number of rotatable bonds is 1. The number of anilines is 1. The zero-order chi connectivity index (χ0) is 9.14. The average Bonchev–Trinajstić information content (AvgIpc) is 2.04. The van der Waals surface area contributed by atoms with Gasteiger partial charge in [0.05, 0.1) is 0 Å². The Hall–Kier alpha value is -0.357. The largest absolute Gasteiger partial charge is 1.00 e. The van der Waals surface area contributed by atoms with Gasteiger partial charge in [0.15, 0.2) is 4.98 Å². The van der Waals surface area contributed by atoms with Crippen LogP contribution >= 0.6 is 12.4 Å². The fourth-order valence-electron chi connectivity index (χ4n) is 1.08. The molecule has 0 bridgehead atoms. The zero-order valence-corrected chi connectivity index (χ0v) is 13.6. The summed E-state index contributed by atoms with van der Waals surface area (Å²) in [5.41, 5.74) is 2.69. The van der Waals surface area contributed by atoms with Crippen molar-refractivity contribution in [3.05, 3.63) is 28.7 Å². The first-order valence-corrected chi connectivity index (χ1v) is 3.78. The average molecular weight is 300 g/mol. The Bertz CT molecular complexity index is 337. The van der Waals surface area contributed by atoms with Gasteiger partial charge in [-0.2, -0.15) is 0 Å². The van der Waals surface area contributed by atoms with Gasteiger partial charge in [0, 0.05) is 39.6 Å². The fraction of sp³-hybridized carbons (Fsp3) is 0.333. The molecule has 1 rings (SSSR count). The van der Waals surface area contributed by atoms with E-state index in [-0.39, 0.29) is 44.3 Å².